The topological polar surface area (TPSA) is 107 Å². The van der Waals surface area contributed by atoms with Crippen molar-refractivity contribution < 1.29 is 29.3 Å². The molecular weight excluding hydrogens is 292 g/mol. The SMILES string of the molecule is CC(=O)N1C(=O)C(C)(C(C)=O)CN2C1C1C(O)[C@@H](CO)O[C@H]12. The Balaban J connectivity index is 1.98. The molecule has 0 saturated carbocycles. The van der Waals surface area contributed by atoms with E-state index in [1.54, 1.807) is 4.90 Å². The summed E-state index contributed by atoms with van der Waals surface area (Å²) in [5.41, 5.74) is -1.31. The van der Waals surface area contributed by atoms with Crippen LogP contribution in [-0.4, -0.2) is 75.4 Å². The minimum atomic E-state index is -1.31. The van der Waals surface area contributed by atoms with Gasteiger partial charge in [0.1, 0.15) is 29.7 Å². The van der Waals surface area contributed by atoms with Gasteiger partial charge in [-0.15, -0.1) is 0 Å². The van der Waals surface area contributed by atoms with E-state index in [1.165, 1.54) is 20.8 Å². The van der Waals surface area contributed by atoms with Gasteiger partial charge in [-0.25, -0.2) is 0 Å². The molecule has 0 bridgehead atoms. The van der Waals surface area contributed by atoms with E-state index in [9.17, 15) is 24.6 Å². The fraction of sp³-hybridized carbons (Fsp3) is 0.786. The number of ketones is 1. The highest BCUT2D eigenvalue weighted by molar-refractivity contribution is 6.10. The van der Waals surface area contributed by atoms with Crippen LogP contribution in [0.5, 0.6) is 0 Å². The number of hydrogen-bond acceptors (Lipinski definition) is 7. The van der Waals surface area contributed by atoms with E-state index in [-0.39, 0.29) is 18.9 Å². The molecule has 22 heavy (non-hydrogen) atoms. The maximum Gasteiger partial charge on any atom is 0.245 e. The fourth-order valence-corrected chi connectivity index (χ4v) is 3.72. The smallest absolute Gasteiger partial charge is 0.245 e. The Hall–Kier alpha value is -1.35. The molecule has 0 spiro atoms. The molecule has 3 fully saturated rings. The number of rotatable bonds is 2. The van der Waals surface area contributed by atoms with E-state index >= 15 is 0 Å². The summed E-state index contributed by atoms with van der Waals surface area (Å²) >= 11 is 0. The molecule has 3 saturated heterocycles. The number of fused-ring (bicyclic) bond motifs is 4. The fourth-order valence-electron chi connectivity index (χ4n) is 3.72. The van der Waals surface area contributed by atoms with Gasteiger partial charge in [0.05, 0.1) is 18.6 Å². The van der Waals surface area contributed by atoms with Crippen molar-refractivity contribution in [3.05, 3.63) is 0 Å². The zero-order valence-corrected chi connectivity index (χ0v) is 12.7. The van der Waals surface area contributed by atoms with Crippen molar-refractivity contribution in [2.45, 2.75) is 45.4 Å². The summed E-state index contributed by atoms with van der Waals surface area (Å²) in [6.07, 6.45) is -2.81. The molecule has 2 N–H and O–H groups in total. The van der Waals surface area contributed by atoms with E-state index in [0.29, 0.717) is 0 Å². The molecule has 4 unspecified atom stereocenters. The summed E-state index contributed by atoms with van der Waals surface area (Å²) in [5.74, 6) is -1.78. The molecule has 0 aromatic rings. The second kappa shape index (κ2) is 4.82. The number of hydrogen-bond donors (Lipinski definition) is 2. The van der Waals surface area contributed by atoms with Crippen LogP contribution < -0.4 is 0 Å². The number of amides is 2. The van der Waals surface area contributed by atoms with Crippen molar-refractivity contribution in [3.63, 3.8) is 0 Å². The highest BCUT2D eigenvalue weighted by Gasteiger charge is 2.68. The van der Waals surface area contributed by atoms with Crippen molar-refractivity contribution in [2.24, 2.45) is 11.3 Å². The molecule has 8 heteroatoms. The number of nitrogens with zero attached hydrogens (tertiary/aromatic N) is 2. The number of aliphatic hydroxyl groups is 2. The number of carbonyl (C=O) groups is 3. The maximum absolute atomic E-state index is 12.7. The first-order valence-electron chi connectivity index (χ1n) is 7.29. The number of aliphatic hydroxyl groups excluding tert-OH is 2. The van der Waals surface area contributed by atoms with Gasteiger partial charge < -0.3 is 14.9 Å². The predicted octanol–water partition coefficient (Wildman–Crippen LogP) is -1.69. The maximum atomic E-state index is 12.7. The number of imide groups is 1. The molecule has 0 radical (unpaired) electrons. The Kier molecular flexibility index (Phi) is 3.41. The van der Waals surface area contributed by atoms with E-state index in [0.717, 1.165) is 4.90 Å². The van der Waals surface area contributed by atoms with Gasteiger partial charge in [0.15, 0.2) is 0 Å². The highest BCUT2D eigenvalue weighted by atomic mass is 16.6. The van der Waals surface area contributed by atoms with Crippen molar-refractivity contribution in [1.29, 1.82) is 0 Å². The third kappa shape index (κ3) is 1.75. The summed E-state index contributed by atoms with van der Waals surface area (Å²) in [5, 5.41) is 19.5. The highest BCUT2D eigenvalue weighted by Crippen LogP contribution is 2.49. The van der Waals surface area contributed by atoms with Crippen LogP contribution >= 0.6 is 0 Å². The van der Waals surface area contributed by atoms with Gasteiger partial charge >= 0.3 is 0 Å². The van der Waals surface area contributed by atoms with Crippen LogP contribution in [-0.2, 0) is 19.1 Å². The van der Waals surface area contributed by atoms with Gasteiger partial charge in [0.2, 0.25) is 11.8 Å². The molecule has 3 aliphatic rings. The zero-order chi connectivity index (χ0) is 16.4. The molecule has 3 rings (SSSR count). The third-order valence-electron chi connectivity index (χ3n) is 5.18. The van der Waals surface area contributed by atoms with Gasteiger partial charge in [0, 0.05) is 13.5 Å². The third-order valence-corrected chi connectivity index (χ3v) is 5.18. The van der Waals surface area contributed by atoms with Crippen LogP contribution in [0.1, 0.15) is 20.8 Å². The first-order chi connectivity index (χ1) is 10.2. The summed E-state index contributed by atoms with van der Waals surface area (Å²) < 4.78 is 5.59. The summed E-state index contributed by atoms with van der Waals surface area (Å²) in [4.78, 5) is 39.3. The van der Waals surface area contributed by atoms with Gasteiger partial charge in [0.25, 0.3) is 0 Å². The van der Waals surface area contributed by atoms with Gasteiger partial charge in [-0.3, -0.25) is 24.2 Å². The summed E-state index contributed by atoms with van der Waals surface area (Å²) in [7, 11) is 0. The molecule has 0 aromatic carbocycles. The van der Waals surface area contributed by atoms with Crippen molar-refractivity contribution >= 4 is 17.6 Å². The van der Waals surface area contributed by atoms with E-state index in [2.05, 4.69) is 0 Å². The van der Waals surface area contributed by atoms with Crippen molar-refractivity contribution in [1.82, 2.24) is 9.80 Å². The average Bonchev–Trinajstić information content (AvgIpc) is 2.72. The monoisotopic (exact) mass is 312 g/mol. The quantitative estimate of drug-likeness (QED) is 0.586. The van der Waals surface area contributed by atoms with Crippen LogP contribution in [0.15, 0.2) is 0 Å². The van der Waals surface area contributed by atoms with Gasteiger partial charge in [-0.05, 0) is 13.8 Å². The Morgan fingerprint density at radius 3 is 2.55 bits per heavy atom. The normalized spacial score (nSPS) is 44.3. The van der Waals surface area contributed by atoms with Crippen LogP contribution in [0.4, 0.5) is 0 Å². The lowest BCUT2D eigenvalue weighted by molar-refractivity contribution is -0.244. The van der Waals surface area contributed by atoms with E-state index in [1.807, 2.05) is 0 Å². The van der Waals surface area contributed by atoms with Crippen LogP contribution in [0.3, 0.4) is 0 Å². The Morgan fingerprint density at radius 2 is 2.05 bits per heavy atom. The second-order valence-corrected chi connectivity index (χ2v) is 6.48. The molecule has 3 heterocycles. The lowest BCUT2D eigenvalue weighted by Gasteiger charge is -2.60. The molecule has 122 valence electrons. The minimum absolute atomic E-state index is 0.141. The molecular formula is C14H20N2O6. The predicted molar refractivity (Wildman–Crippen MR) is 72.1 cm³/mol. The standard InChI is InChI=1S/C14H20N2O6/c1-6(18)14(3)5-15-11(16(7(2)19)13(14)21)9-10(20)8(4-17)22-12(9)15/h8-12,17,20H,4-5H2,1-3H3/t8-,9?,10?,11?,12-,14?/m1/s1. The minimum Gasteiger partial charge on any atom is -0.394 e. The molecule has 0 aliphatic carbocycles. The van der Waals surface area contributed by atoms with Crippen molar-refractivity contribution in [2.75, 3.05) is 13.2 Å². The number of ether oxygens (including phenoxy) is 1. The molecule has 8 nitrogen and oxygen atoms in total. The van der Waals surface area contributed by atoms with Crippen LogP contribution in [0.25, 0.3) is 0 Å². The summed E-state index contributed by atoms with van der Waals surface area (Å²) in [6, 6.07) is 0. The number of Topliss-reactive ketones (excluding diaryl/α,β-unsaturated/α-hetero) is 1. The largest absolute Gasteiger partial charge is 0.394 e. The van der Waals surface area contributed by atoms with E-state index in [4.69, 9.17) is 4.74 Å². The number of carbonyl (C=O) groups excluding carboxylic acids is 3. The lowest BCUT2D eigenvalue weighted by Crippen LogP contribution is -2.79. The van der Waals surface area contributed by atoms with Crippen LogP contribution in [0, 0.1) is 11.3 Å². The van der Waals surface area contributed by atoms with E-state index < -0.39 is 47.7 Å². The zero-order valence-electron chi connectivity index (χ0n) is 12.7. The second-order valence-electron chi connectivity index (χ2n) is 6.48. The Morgan fingerprint density at radius 1 is 1.41 bits per heavy atom. The first-order valence-corrected chi connectivity index (χ1v) is 7.29. The summed E-state index contributed by atoms with van der Waals surface area (Å²) in [6.45, 7) is 3.91. The first kappa shape index (κ1) is 15.5. The Labute approximate surface area is 127 Å². The molecule has 0 aromatic heterocycles. The van der Waals surface area contributed by atoms with Gasteiger partial charge in [-0.2, -0.15) is 0 Å². The Bertz CT molecular complexity index is 551. The average molecular weight is 312 g/mol. The van der Waals surface area contributed by atoms with Gasteiger partial charge in [-0.1, -0.05) is 0 Å². The van der Waals surface area contributed by atoms with Crippen LogP contribution in [0.2, 0.25) is 0 Å². The molecule has 6 atom stereocenters. The van der Waals surface area contributed by atoms with Crippen molar-refractivity contribution in [3.8, 4) is 0 Å². The molecule has 3 aliphatic heterocycles. The lowest BCUT2D eigenvalue weighted by atomic mass is 9.75. The molecule has 2 amide bonds.